The third-order valence-electron chi connectivity index (χ3n) is 3.12. The fraction of sp³-hybridized carbons (Fsp3) is 0.143. The minimum atomic E-state index is -4.08. The van der Waals surface area contributed by atoms with Gasteiger partial charge in [0.25, 0.3) is 0 Å². The number of nitro groups is 1. The second-order valence-corrected chi connectivity index (χ2v) is 6.81. The van der Waals surface area contributed by atoms with Crippen LogP contribution in [0.15, 0.2) is 47.4 Å². The largest absolute Gasteiger partial charge is 0.306 e. The fourth-order valence-corrected chi connectivity index (χ4v) is 3.13. The van der Waals surface area contributed by atoms with E-state index in [1.165, 1.54) is 25.2 Å². The van der Waals surface area contributed by atoms with Gasteiger partial charge in [-0.2, -0.15) is 8.70 Å². The molecule has 0 heterocycles. The average Bonchev–Trinajstić information content (AvgIpc) is 2.47. The van der Waals surface area contributed by atoms with E-state index in [2.05, 4.69) is 0 Å². The van der Waals surface area contributed by atoms with E-state index in [1.807, 2.05) is 0 Å². The molecule has 0 aliphatic carbocycles. The van der Waals surface area contributed by atoms with Crippen LogP contribution in [-0.4, -0.2) is 24.7 Å². The van der Waals surface area contributed by atoms with E-state index in [9.17, 15) is 27.3 Å². The van der Waals surface area contributed by atoms with E-state index in [0.717, 1.165) is 16.4 Å². The lowest BCUT2D eigenvalue weighted by Crippen LogP contribution is -2.26. The molecule has 0 aliphatic rings. The lowest BCUT2D eigenvalue weighted by Gasteiger charge is -2.17. The van der Waals surface area contributed by atoms with Gasteiger partial charge in [0.1, 0.15) is 5.82 Å². The van der Waals surface area contributed by atoms with Gasteiger partial charge in [0.05, 0.1) is 9.82 Å². The zero-order chi connectivity index (χ0) is 17.2. The molecule has 9 heteroatoms. The smallest absolute Gasteiger partial charge is 0.258 e. The third kappa shape index (κ3) is 3.69. The quantitative estimate of drug-likeness (QED) is 0.618. The number of hydrogen-bond acceptors (Lipinski definition) is 4. The Hall–Kier alpha value is -2.39. The van der Waals surface area contributed by atoms with Crippen molar-refractivity contribution in [3.63, 3.8) is 0 Å². The number of nitrogens with zero attached hydrogens (tertiary/aromatic N) is 2. The summed E-state index contributed by atoms with van der Waals surface area (Å²) in [5.74, 6) is -1.63. The van der Waals surface area contributed by atoms with Crippen LogP contribution in [0.2, 0.25) is 0 Å². The normalized spacial score (nSPS) is 11.7. The number of sulfonamides is 1. The number of benzene rings is 2. The Bertz CT molecular complexity index is 856. The molecule has 0 saturated carbocycles. The van der Waals surface area contributed by atoms with Crippen LogP contribution in [0, 0.1) is 21.7 Å². The Morgan fingerprint density at radius 1 is 1.17 bits per heavy atom. The van der Waals surface area contributed by atoms with Crippen molar-refractivity contribution in [2.24, 2.45) is 0 Å². The Kier molecular flexibility index (Phi) is 4.71. The van der Waals surface area contributed by atoms with Gasteiger partial charge in [0.2, 0.25) is 15.8 Å². The standard InChI is InChI=1S/C14H12F2N2O4S/c1-17(9-10-3-2-4-11(15)7-10)23(21,22)12-5-6-13(16)14(8-12)18(19)20/h2-8H,9H2,1H3. The van der Waals surface area contributed by atoms with E-state index < -0.39 is 37.2 Å². The molecule has 122 valence electrons. The molecule has 0 aromatic heterocycles. The van der Waals surface area contributed by atoms with Crippen LogP contribution < -0.4 is 0 Å². The van der Waals surface area contributed by atoms with Crippen molar-refractivity contribution in [1.82, 2.24) is 4.31 Å². The van der Waals surface area contributed by atoms with Crippen molar-refractivity contribution in [1.29, 1.82) is 0 Å². The lowest BCUT2D eigenvalue weighted by atomic mass is 10.2. The Morgan fingerprint density at radius 2 is 1.87 bits per heavy atom. The second-order valence-electron chi connectivity index (χ2n) is 4.76. The molecule has 0 N–H and O–H groups in total. The molecule has 2 aromatic carbocycles. The first-order chi connectivity index (χ1) is 10.7. The van der Waals surface area contributed by atoms with Crippen LogP contribution >= 0.6 is 0 Å². The SMILES string of the molecule is CN(Cc1cccc(F)c1)S(=O)(=O)c1ccc(F)c([N+](=O)[O-])c1. The van der Waals surface area contributed by atoms with Gasteiger partial charge in [0, 0.05) is 19.7 Å². The first-order valence-electron chi connectivity index (χ1n) is 6.36. The van der Waals surface area contributed by atoms with E-state index in [0.29, 0.717) is 11.6 Å². The maximum absolute atomic E-state index is 13.3. The average molecular weight is 342 g/mol. The Morgan fingerprint density at radius 3 is 2.48 bits per heavy atom. The number of halogens is 2. The summed E-state index contributed by atoms with van der Waals surface area (Å²) in [6.07, 6.45) is 0. The first kappa shape index (κ1) is 17.0. The van der Waals surface area contributed by atoms with Crippen LogP contribution in [0.1, 0.15) is 5.56 Å². The van der Waals surface area contributed by atoms with Gasteiger partial charge in [-0.3, -0.25) is 10.1 Å². The minimum absolute atomic E-state index is 0.134. The molecular weight excluding hydrogens is 330 g/mol. The maximum Gasteiger partial charge on any atom is 0.306 e. The van der Waals surface area contributed by atoms with E-state index in [4.69, 9.17) is 0 Å². The molecule has 0 atom stereocenters. The van der Waals surface area contributed by atoms with Crippen LogP contribution in [0.3, 0.4) is 0 Å². The highest BCUT2D eigenvalue weighted by molar-refractivity contribution is 7.89. The molecular formula is C14H12F2N2O4S. The Balaban J connectivity index is 2.34. The second kappa shape index (κ2) is 6.39. The van der Waals surface area contributed by atoms with Gasteiger partial charge >= 0.3 is 5.69 Å². The molecule has 2 rings (SSSR count). The van der Waals surface area contributed by atoms with Crippen molar-refractivity contribution in [3.05, 3.63) is 69.8 Å². The molecule has 0 spiro atoms. The molecule has 6 nitrogen and oxygen atoms in total. The van der Waals surface area contributed by atoms with E-state index >= 15 is 0 Å². The summed E-state index contributed by atoms with van der Waals surface area (Å²) in [6.45, 7) is -0.134. The highest BCUT2D eigenvalue weighted by Crippen LogP contribution is 2.24. The summed E-state index contributed by atoms with van der Waals surface area (Å²) in [6, 6.07) is 7.71. The van der Waals surface area contributed by atoms with Gasteiger partial charge in [-0.25, -0.2) is 12.8 Å². The molecule has 0 aliphatic heterocycles. The van der Waals surface area contributed by atoms with Crippen molar-refractivity contribution >= 4 is 15.7 Å². The fourth-order valence-electron chi connectivity index (χ4n) is 1.95. The van der Waals surface area contributed by atoms with Crippen molar-refractivity contribution in [2.45, 2.75) is 11.4 Å². The highest BCUT2D eigenvalue weighted by Gasteiger charge is 2.25. The molecule has 0 unspecified atom stereocenters. The van der Waals surface area contributed by atoms with Crippen molar-refractivity contribution in [2.75, 3.05) is 7.05 Å². The van der Waals surface area contributed by atoms with Gasteiger partial charge in [-0.1, -0.05) is 12.1 Å². The minimum Gasteiger partial charge on any atom is -0.258 e. The molecule has 0 amide bonds. The van der Waals surface area contributed by atoms with Gasteiger partial charge in [0.15, 0.2) is 0 Å². The van der Waals surface area contributed by atoms with Gasteiger partial charge in [-0.15, -0.1) is 0 Å². The van der Waals surface area contributed by atoms with E-state index in [1.54, 1.807) is 6.07 Å². The van der Waals surface area contributed by atoms with E-state index in [-0.39, 0.29) is 6.54 Å². The summed E-state index contributed by atoms with van der Waals surface area (Å²) in [4.78, 5) is 9.30. The van der Waals surface area contributed by atoms with Crippen LogP contribution in [0.4, 0.5) is 14.5 Å². The van der Waals surface area contributed by atoms with Crippen LogP contribution in [0.5, 0.6) is 0 Å². The lowest BCUT2D eigenvalue weighted by molar-refractivity contribution is -0.387. The molecule has 0 radical (unpaired) electrons. The maximum atomic E-state index is 13.3. The summed E-state index contributed by atoms with van der Waals surface area (Å²) in [5, 5.41) is 10.7. The summed E-state index contributed by atoms with van der Waals surface area (Å²) in [5.41, 5.74) is -0.516. The third-order valence-corrected chi connectivity index (χ3v) is 4.92. The zero-order valence-corrected chi connectivity index (χ0v) is 12.8. The molecule has 2 aromatic rings. The topological polar surface area (TPSA) is 80.5 Å². The molecule has 23 heavy (non-hydrogen) atoms. The summed E-state index contributed by atoms with van der Waals surface area (Å²) in [7, 11) is -2.84. The van der Waals surface area contributed by atoms with Crippen LogP contribution in [-0.2, 0) is 16.6 Å². The van der Waals surface area contributed by atoms with Gasteiger partial charge in [-0.05, 0) is 29.8 Å². The first-order valence-corrected chi connectivity index (χ1v) is 7.80. The number of hydrogen-bond donors (Lipinski definition) is 0. The predicted octanol–water partition coefficient (Wildman–Crippen LogP) is 2.69. The molecule has 0 fully saturated rings. The van der Waals surface area contributed by atoms with Crippen molar-refractivity contribution in [3.8, 4) is 0 Å². The van der Waals surface area contributed by atoms with Crippen LogP contribution in [0.25, 0.3) is 0 Å². The number of nitro benzene ring substituents is 1. The predicted molar refractivity (Wildman–Crippen MR) is 78.1 cm³/mol. The highest BCUT2D eigenvalue weighted by atomic mass is 32.2. The summed E-state index contributed by atoms with van der Waals surface area (Å²) < 4.78 is 52.1. The molecule has 0 bridgehead atoms. The van der Waals surface area contributed by atoms with Gasteiger partial charge < -0.3 is 0 Å². The molecule has 0 saturated heterocycles. The summed E-state index contributed by atoms with van der Waals surface area (Å²) >= 11 is 0. The monoisotopic (exact) mass is 342 g/mol. The number of rotatable bonds is 5. The van der Waals surface area contributed by atoms with Crippen molar-refractivity contribution < 1.29 is 22.1 Å². The zero-order valence-electron chi connectivity index (χ0n) is 11.9. The Labute approximate surface area is 131 Å².